The minimum Gasteiger partial charge on any atom is -0.338 e. The summed E-state index contributed by atoms with van der Waals surface area (Å²) in [5.74, 6) is 0. The van der Waals surface area contributed by atoms with E-state index >= 15 is 0 Å². The molecule has 1 saturated heterocycles. The molecule has 0 aromatic carbocycles. The summed E-state index contributed by atoms with van der Waals surface area (Å²) in [7, 11) is 1.82. The minimum absolute atomic E-state index is 0.00236. The highest BCUT2D eigenvalue weighted by atomic mass is 16.2. The predicted molar refractivity (Wildman–Crippen MR) is 49.4 cm³/mol. The first-order chi connectivity index (χ1) is 6.77. The Morgan fingerprint density at radius 3 is 3.14 bits per heavy atom. The summed E-state index contributed by atoms with van der Waals surface area (Å²) in [5.41, 5.74) is 0.946. The molecule has 2 amide bonds. The van der Waals surface area contributed by atoms with Crippen LogP contribution < -0.4 is 5.32 Å². The van der Waals surface area contributed by atoms with Crippen LogP contribution in [0.25, 0.3) is 0 Å². The summed E-state index contributed by atoms with van der Waals surface area (Å²) in [6, 6.07) is -0.00236. The van der Waals surface area contributed by atoms with Crippen molar-refractivity contribution in [1.29, 1.82) is 0 Å². The Hall–Kier alpha value is -1.59. The summed E-state index contributed by atoms with van der Waals surface area (Å²) in [5, 5.41) is 10.4. The molecule has 6 nitrogen and oxygen atoms in total. The van der Waals surface area contributed by atoms with Crippen molar-refractivity contribution in [3.05, 3.63) is 11.9 Å². The zero-order valence-electron chi connectivity index (χ0n) is 8.10. The van der Waals surface area contributed by atoms with Gasteiger partial charge in [0.05, 0.1) is 18.4 Å². The van der Waals surface area contributed by atoms with E-state index < -0.39 is 0 Å². The highest BCUT2D eigenvalue weighted by Gasteiger charge is 2.18. The monoisotopic (exact) mass is 195 g/mol. The van der Waals surface area contributed by atoms with Crippen molar-refractivity contribution in [2.24, 2.45) is 7.05 Å². The molecule has 6 heteroatoms. The van der Waals surface area contributed by atoms with Crippen LogP contribution in [0.3, 0.4) is 0 Å². The minimum atomic E-state index is -0.00236. The summed E-state index contributed by atoms with van der Waals surface area (Å²) in [4.78, 5) is 13.2. The zero-order valence-corrected chi connectivity index (χ0v) is 8.10. The first-order valence-corrected chi connectivity index (χ1v) is 4.63. The highest BCUT2D eigenvalue weighted by molar-refractivity contribution is 5.74. The Labute approximate surface area is 81.9 Å². The van der Waals surface area contributed by atoms with Gasteiger partial charge in [-0.15, -0.1) is 5.10 Å². The Kier molecular flexibility index (Phi) is 2.34. The van der Waals surface area contributed by atoms with Gasteiger partial charge in [0, 0.05) is 20.1 Å². The van der Waals surface area contributed by atoms with Crippen LogP contribution in [-0.4, -0.2) is 39.0 Å². The van der Waals surface area contributed by atoms with E-state index in [2.05, 4.69) is 15.6 Å². The van der Waals surface area contributed by atoms with Gasteiger partial charge in [0.25, 0.3) is 0 Å². The first kappa shape index (κ1) is 8.98. The van der Waals surface area contributed by atoms with E-state index in [4.69, 9.17) is 0 Å². The van der Waals surface area contributed by atoms with E-state index in [0.717, 1.165) is 25.2 Å². The van der Waals surface area contributed by atoms with Crippen LogP contribution in [-0.2, 0) is 13.6 Å². The van der Waals surface area contributed by atoms with E-state index in [9.17, 15) is 4.79 Å². The average molecular weight is 195 g/mol. The predicted octanol–water partition coefficient (Wildman–Crippen LogP) is -0.270. The van der Waals surface area contributed by atoms with Crippen molar-refractivity contribution in [2.45, 2.75) is 13.0 Å². The molecule has 1 aliphatic heterocycles. The molecule has 0 saturated carbocycles. The molecule has 0 radical (unpaired) electrons. The summed E-state index contributed by atoms with van der Waals surface area (Å²) >= 11 is 0. The van der Waals surface area contributed by atoms with Gasteiger partial charge in [-0.25, -0.2) is 4.79 Å². The average Bonchev–Trinajstić information content (AvgIpc) is 2.56. The topological polar surface area (TPSA) is 63.1 Å². The van der Waals surface area contributed by atoms with Crippen LogP contribution >= 0.6 is 0 Å². The third-order valence-corrected chi connectivity index (χ3v) is 2.33. The third kappa shape index (κ3) is 1.68. The molecule has 2 rings (SSSR count). The maximum atomic E-state index is 11.4. The lowest BCUT2D eigenvalue weighted by atomic mass is 10.3. The number of urea groups is 1. The number of hydrogen-bond donors (Lipinski definition) is 1. The molecule has 76 valence electrons. The molecular weight excluding hydrogens is 182 g/mol. The van der Waals surface area contributed by atoms with Crippen molar-refractivity contribution in [1.82, 2.24) is 25.2 Å². The van der Waals surface area contributed by atoms with Crippen LogP contribution in [0.15, 0.2) is 6.20 Å². The number of amides is 2. The fourth-order valence-electron chi connectivity index (χ4n) is 1.48. The zero-order chi connectivity index (χ0) is 9.97. The fraction of sp³-hybridized carbons (Fsp3) is 0.625. The van der Waals surface area contributed by atoms with E-state index in [1.807, 2.05) is 7.05 Å². The number of hydrogen-bond acceptors (Lipinski definition) is 3. The Morgan fingerprint density at radius 1 is 1.64 bits per heavy atom. The number of aryl methyl sites for hydroxylation is 1. The second kappa shape index (κ2) is 3.65. The van der Waals surface area contributed by atoms with E-state index in [1.165, 1.54) is 0 Å². The standard InChI is InChI=1S/C8H13N5O/c1-12-7(5-10-11-12)6-13-4-2-3-9-8(13)14/h5H,2-4,6H2,1H3,(H,9,14). The molecule has 0 spiro atoms. The summed E-state index contributed by atoms with van der Waals surface area (Å²) in [6.45, 7) is 2.16. The molecule has 1 aromatic rings. The fourth-order valence-corrected chi connectivity index (χ4v) is 1.48. The second-order valence-corrected chi connectivity index (χ2v) is 3.36. The van der Waals surface area contributed by atoms with Crippen molar-refractivity contribution < 1.29 is 4.79 Å². The summed E-state index contributed by atoms with van der Waals surface area (Å²) in [6.07, 6.45) is 2.68. The number of carbonyl (C=O) groups is 1. The Bertz CT molecular complexity index is 334. The molecule has 2 heterocycles. The number of carbonyl (C=O) groups excluding carboxylic acids is 1. The molecule has 0 aliphatic carbocycles. The molecule has 1 aliphatic rings. The SMILES string of the molecule is Cn1nncc1CN1CCCNC1=O. The number of nitrogens with zero attached hydrogens (tertiary/aromatic N) is 4. The molecular formula is C8H13N5O. The molecule has 1 fully saturated rings. The quantitative estimate of drug-likeness (QED) is 0.706. The van der Waals surface area contributed by atoms with Gasteiger partial charge in [-0.2, -0.15) is 0 Å². The van der Waals surface area contributed by atoms with Crippen LogP contribution in [0.1, 0.15) is 12.1 Å². The van der Waals surface area contributed by atoms with Crippen LogP contribution in [0.5, 0.6) is 0 Å². The molecule has 1 aromatic heterocycles. The smallest absolute Gasteiger partial charge is 0.317 e. The van der Waals surface area contributed by atoms with Gasteiger partial charge in [0.2, 0.25) is 0 Å². The molecule has 0 bridgehead atoms. The molecule has 0 unspecified atom stereocenters. The Balaban J connectivity index is 2.03. The number of aromatic nitrogens is 3. The molecule has 0 atom stereocenters. The Morgan fingerprint density at radius 2 is 2.50 bits per heavy atom. The normalized spacial score (nSPS) is 16.9. The van der Waals surface area contributed by atoms with Crippen molar-refractivity contribution in [3.63, 3.8) is 0 Å². The lowest BCUT2D eigenvalue weighted by Gasteiger charge is -2.26. The van der Waals surface area contributed by atoms with Crippen LogP contribution in [0, 0.1) is 0 Å². The van der Waals surface area contributed by atoms with E-state index in [1.54, 1.807) is 15.8 Å². The van der Waals surface area contributed by atoms with Crippen LogP contribution in [0.2, 0.25) is 0 Å². The number of nitrogens with one attached hydrogen (secondary N) is 1. The van der Waals surface area contributed by atoms with Gasteiger partial charge in [-0.1, -0.05) is 5.21 Å². The lowest BCUT2D eigenvalue weighted by molar-refractivity contribution is 0.182. The maximum Gasteiger partial charge on any atom is 0.317 e. The van der Waals surface area contributed by atoms with Crippen LogP contribution in [0.4, 0.5) is 4.79 Å². The van der Waals surface area contributed by atoms with Gasteiger partial charge in [0.15, 0.2) is 0 Å². The second-order valence-electron chi connectivity index (χ2n) is 3.36. The van der Waals surface area contributed by atoms with E-state index in [0.29, 0.717) is 6.54 Å². The van der Waals surface area contributed by atoms with Gasteiger partial charge in [0.1, 0.15) is 0 Å². The largest absolute Gasteiger partial charge is 0.338 e. The van der Waals surface area contributed by atoms with Gasteiger partial charge >= 0.3 is 6.03 Å². The summed E-state index contributed by atoms with van der Waals surface area (Å²) < 4.78 is 1.68. The van der Waals surface area contributed by atoms with Crippen molar-refractivity contribution in [3.8, 4) is 0 Å². The molecule has 14 heavy (non-hydrogen) atoms. The van der Waals surface area contributed by atoms with Crippen molar-refractivity contribution in [2.75, 3.05) is 13.1 Å². The highest BCUT2D eigenvalue weighted by Crippen LogP contribution is 2.05. The van der Waals surface area contributed by atoms with Gasteiger partial charge in [-0.05, 0) is 6.42 Å². The van der Waals surface area contributed by atoms with Gasteiger partial charge in [-0.3, -0.25) is 4.68 Å². The number of rotatable bonds is 2. The molecule has 1 N–H and O–H groups in total. The first-order valence-electron chi connectivity index (χ1n) is 4.63. The third-order valence-electron chi connectivity index (χ3n) is 2.33. The van der Waals surface area contributed by atoms with Crippen molar-refractivity contribution >= 4 is 6.03 Å². The van der Waals surface area contributed by atoms with E-state index in [-0.39, 0.29) is 6.03 Å². The maximum absolute atomic E-state index is 11.4. The lowest BCUT2D eigenvalue weighted by Crippen LogP contribution is -2.46. The van der Waals surface area contributed by atoms with Gasteiger partial charge < -0.3 is 10.2 Å².